The second-order valence-corrected chi connectivity index (χ2v) is 7.43. The van der Waals surface area contributed by atoms with E-state index in [-0.39, 0.29) is 18.0 Å². The number of carbonyl (C=O) groups is 2. The minimum atomic E-state index is -0.485. The summed E-state index contributed by atoms with van der Waals surface area (Å²) in [4.78, 5) is 24.8. The summed E-state index contributed by atoms with van der Waals surface area (Å²) in [5, 5.41) is 3.13. The zero-order valence-corrected chi connectivity index (χ0v) is 15.2. The molecule has 0 fully saturated rings. The van der Waals surface area contributed by atoms with Crippen LogP contribution in [-0.4, -0.2) is 25.7 Å². The quantitative estimate of drug-likeness (QED) is 0.838. The van der Waals surface area contributed by atoms with Gasteiger partial charge in [0.2, 0.25) is 0 Å². The van der Waals surface area contributed by atoms with Crippen molar-refractivity contribution in [1.82, 2.24) is 5.32 Å². The van der Waals surface area contributed by atoms with Crippen molar-refractivity contribution in [3.8, 4) is 0 Å². The summed E-state index contributed by atoms with van der Waals surface area (Å²) < 4.78 is 10.2. The highest BCUT2D eigenvalue weighted by Crippen LogP contribution is 2.42. The Hall–Kier alpha value is -2.56. The largest absolute Gasteiger partial charge is 0.466 e. The Kier molecular flexibility index (Phi) is 4.19. The summed E-state index contributed by atoms with van der Waals surface area (Å²) in [5.41, 5.74) is 4.35. The van der Waals surface area contributed by atoms with Gasteiger partial charge in [0.25, 0.3) is 0 Å². The van der Waals surface area contributed by atoms with Gasteiger partial charge in [-0.15, -0.1) is 0 Å². The maximum Gasteiger partial charge on any atom is 0.337 e. The molecule has 2 aliphatic rings. The Labute approximate surface area is 147 Å². The number of rotatable bonds is 2. The SMILES string of the molecule is COC(=O)C1=C(C)NC2=C(C(=O)OC2)C1c1cccc(C(C)(C)C)c1. The number of hydrogen-bond donors (Lipinski definition) is 1. The maximum atomic E-state index is 12.4. The van der Waals surface area contributed by atoms with E-state index in [0.717, 1.165) is 16.8 Å². The summed E-state index contributed by atoms with van der Waals surface area (Å²) in [6.07, 6.45) is 0. The van der Waals surface area contributed by atoms with Gasteiger partial charge in [0.1, 0.15) is 6.61 Å². The maximum absolute atomic E-state index is 12.4. The first-order chi connectivity index (χ1) is 11.7. The first kappa shape index (κ1) is 17.3. The van der Waals surface area contributed by atoms with Crippen LogP contribution in [0.3, 0.4) is 0 Å². The third-order valence-corrected chi connectivity index (χ3v) is 4.70. The average Bonchev–Trinajstić information content (AvgIpc) is 2.93. The monoisotopic (exact) mass is 341 g/mol. The fourth-order valence-electron chi connectivity index (χ4n) is 3.37. The van der Waals surface area contributed by atoms with Crippen LogP contribution in [0.5, 0.6) is 0 Å². The first-order valence-corrected chi connectivity index (χ1v) is 8.30. The van der Waals surface area contributed by atoms with Crippen molar-refractivity contribution in [3.05, 3.63) is 57.9 Å². The number of methoxy groups -OCH3 is 1. The molecule has 5 nitrogen and oxygen atoms in total. The van der Waals surface area contributed by atoms with Gasteiger partial charge >= 0.3 is 11.9 Å². The third-order valence-electron chi connectivity index (χ3n) is 4.70. The summed E-state index contributed by atoms with van der Waals surface area (Å²) in [6.45, 7) is 8.41. The minimum Gasteiger partial charge on any atom is -0.466 e. The van der Waals surface area contributed by atoms with Crippen LogP contribution in [0.25, 0.3) is 0 Å². The molecule has 0 spiro atoms. The highest BCUT2D eigenvalue weighted by Gasteiger charge is 2.41. The molecule has 0 saturated carbocycles. The van der Waals surface area contributed by atoms with Crippen LogP contribution in [-0.2, 0) is 24.5 Å². The van der Waals surface area contributed by atoms with Crippen molar-refractivity contribution in [3.63, 3.8) is 0 Å². The lowest BCUT2D eigenvalue weighted by atomic mass is 9.78. The summed E-state index contributed by atoms with van der Waals surface area (Å²) in [6, 6.07) is 8.02. The van der Waals surface area contributed by atoms with Crippen molar-refractivity contribution in [2.45, 2.75) is 39.0 Å². The van der Waals surface area contributed by atoms with Crippen LogP contribution >= 0.6 is 0 Å². The van der Waals surface area contributed by atoms with Crippen LogP contribution in [0, 0.1) is 0 Å². The molecular weight excluding hydrogens is 318 g/mol. The molecule has 1 N–H and O–H groups in total. The van der Waals surface area contributed by atoms with E-state index in [1.165, 1.54) is 7.11 Å². The number of ether oxygens (including phenoxy) is 2. The van der Waals surface area contributed by atoms with Crippen molar-refractivity contribution < 1.29 is 19.1 Å². The van der Waals surface area contributed by atoms with Crippen LogP contribution in [0.4, 0.5) is 0 Å². The van der Waals surface area contributed by atoms with Crippen LogP contribution in [0.2, 0.25) is 0 Å². The van der Waals surface area contributed by atoms with Gasteiger partial charge in [-0.25, -0.2) is 9.59 Å². The molecule has 0 aromatic heterocycles. The molecule has 0 saturated heterocycles. The lowest BCUT2D eigenvalue weighted by Gasteiger charge is -2.28. The van der Waals surface area contributed by atoms with E-state index in [9.17, 15) is 9.59 Å². The first-order valence-electron chi connectivity index (χ1n) is 8.30. The second-order valence-electron chi connectivity index (χ2n) is 7.43. The van der Waals surface area contributed by atoms with Crippen molar-refractivity contribution in [2.75, 3.05) is 13.7 Å². The molecule has 2 aliphatic heterocycles. The van der Waals surface area contributed by atoms with Crippen LogP contribution in [0.1, 0.15) is 44.7 Å². The number of hydrogen-bond acceptors (Lipinski definition) is 5. The predicted octanol–water partition coefficient (Wildman–Crippen LogP) is 2.93. The number of dihydropyridines is 1. The summed E-state index contributed by atoms with van der Waals surface area (Å²) in [5.74, 6) is -1.31. The Morgan fingerprint density at radius 1 is 1.32 bits per heavy atom. The molecule has 0 amide bonds. The summed E-state index contributed by atoms with van der Waals surface area (Å²) in [7, 11) is 1.35. The number of allylic oxidation sites excluding steroid dienone is 1. The fraction of sp³-hybridized carbons (Fsp3) is 0.400. The zero-order chi connectivity index (χ0) is 18.4. The zero-order valence-electron chi connectivity index (χ0n) is 15.2. The Morgan fingerprint density at radius 3 is 2.68 bits per heavy atom. The normalized spacial score (nSPS) is 20.2. The minimum absolute atomic E-state index is 0.0412. The van der Waals surface area contributed by atoms with Gasteiger partial charge in [-0.1, -0.05) is 45.0 Å². The van der Waals surface area contributed by atoms with E-state index in [1.807, 2.05) is 19.1 Å². The van der Waals surface area contributed by atoms with E-state index in [2.05, 4.69) is 38.2 Å². The molecule has 0 aliphatic carbocycles. The van der Waals surface area contributed by atoms with Crippen molar-refractivity contribution in [1.29, 1.82) is 0 Å². The number of esters is 2. The van der Waals surface area contributed by atoms with Gasteiger partial charge < -0.3 is 14.8 Å². The average molecular weight is 341 g/mol. The molecule has 1 atom stereocenters. The van der Waals surface area contributed by atoms with E-state index in [0.29, 0.717) is 16.8 Å². The molecule has 1 unspecified atom stereocenters. The van der Waals surface area contributed by atoms with Gasteiger partial charge in [0, 0.05) is 5.70 Å². The van der Waals surface area contributed by atoms with Crippen molar-refractivity contribution >= 4 is 11.9 Å². The molecule has 1 aromatic carbocycles. The number of cyclic esters (lactones) is 1. The lowest BCUT2D eigenvalue weighted by Crippen LogP contribution is -2.30. The molecule has 0 radical (unpaired) electrons. The van der Waals surface area contributed by atoms with E-state index >= 15 is 0 Å². The second kappa shape index (κ2) is 6.06. The van der Waals surface area contributed by atoms with E-state index in [1.54, 1.807) is 0 Å². The van der Waals surface area contributed by atoms with Crippen molar-refractivity contribution in [2.24, 2.45) is 0 Å². The Balaban J connectivity index is 2.19. The smallest absolute Gasteiger partial charge is 0.337 e. The molecule has 5 heteroatoms. The van der Waals surface area contributed by atoms with Crippen LogP contribution in [0.15, 0.2) is 46.8 Å². The summed E-state index contributed by atoms with van der Waals surface area (Å²) >= 11 is 0. The standard InChI is InChI=1S/C20H23NO4/c1-11-15(18(22)24-5)16(17-14(21-11)10-25-19(17)23)12-7-6-8-13(9-12)20(2,3)4/h6-9,16,21H,10H2,1-5H3. The van der Waals surface area contributed by atoms with Gasteiger partial charge in [-0.3, -0.25) is 0 Å². The fourth-order valence-corrected chi connectivity index (χ4v) is 3.37. The highest BCUT2D eigenvalue weighted by molar-refractivity contribution is 6.01. The van der Waals surface area contributed by atoms with Gasteiger partial charge in [0.05, 0.1) is 29.9 Å². The molecule has 25 heavy (non-hydrogen) atoms. The van der Waals surface area contributed by atoms with Crippen LogP contribution < -0.4 is 5.32 Å². The number of benzene rings is 1. The van der Waals surface area contributed by atoms with E-state index in [4.69, 9.17) is 9.47 Å². The van der Waals surface area contributed by atoms with Gasteiger partial charge in [-0.2, -0.15) is 0 Å². The molecule has 3 rings (SSSR count). The molecular formula is C20H23NO4. The Bertz CT molecular complexity index is 811. The Morgan fingerprint density at radius 2 is 2.04 bits per heavy atom. The topological polar surface area (TPSA) is 64.6 Å². The molecule has 2 heterocycles. The lowest BCUT2D eigenvalue weighted by molar-refractivity contribution is -0.136. The van der Waals surface area contributed by atoms with Gasteiger partial charge in [0.15, 0.2) is 0 Å². The molecule has 132 valence electrons. The highest BCUT2D eigenvalue weighted by atomic mass is 16.5. The van der Waals surface area contributed by atoms with E-state index < -0.39 is 11.9 Å². The number of nitrogens with one attached hydrogen (secondary N) is 1. The predicted molar refractivity (Wildman–Crippen MR) is 93.7 cm³/mol. The number of carbonyl (C=O) groups excluding carboxylic acids is 2. The van der Waals surface area contributed by atoms with Gasteiger partial charge in [-0.05, 0) is 23.5 Å². The third kappa shape index (κ3) is 2.95. The molecule has 0 bridgehead atoms. The molecule has 1 aromatic rings.